The maximum Gasteiger partial charge on any atom is 0.303 e. The largest absolute Gasteiger partial charge is 0.484 e. The Kier molecular flexibility index (Phi) is 6.75. The minimum atomic E-state index is -1.18. The predicted octanol–water partition coefficient (Wildman–Crippen LogP) is 0.257. The van der Waals surface area contributed by atoms with Crippen molar-refractivity contribution in [1.82, 2.24) is 0 Å². The van der Waals surface area contributed by atoms with Gasteiger partial charge in [0.2, 0.25) is 0 Å². The van der Waals surface area contributed by atoms with Crippen molar-refractivity contribution in [1.29, 1.82) is 0 Å². The summed E-state index contributed by atoms with van der Waals surface area (Å²) in [6, 6.07) is 0. The van der Waals surface area contributed by atoms with E-state index in [-0.39, 0.29) is 12.4 Å². The predicted molar refractivity (Wildman–Crippen MR) is 77.3 cm³/mol. The molecule has 1 heterocycles. The Hall–Kier alpha value is -2.58. The van der Waals surface area contributed by atoms with Crippen LogP contribution in [0.3, 0.4) is 0 Å². The Morgan fingerprint density at radius 1 is 0.875 bits per heavy atom. The molecule has 9 nitrogen and oxygen atoms in total. The number of carbonyl (C=O) groups excluding carboxylic acids is 4. The summed E-state index contributed by atoms with van der Waals surface area (Å²) in [6.45, 7) is 8.01. The number of hydrogen-bond acceptors (Lipinski definition) is 9. The second-order valence-electron chi connectivity index (χ2n) is 5.10. The van der Waals surface area contributed by atoms with Gasteiger partial charge in [-0.05, 0) is 0 Å². The molecule has 9 heteroatoms. The van der Waals surface area contributed by atoms with Crippen LogP contribution in [0.15, 0.2) is 12.3 Å². The molecular weight excluding hydrogens is 324 g/mol. The van der Waals surface area contributed by atoms with Gasteiger partial charge in [-0.2, -0.15) is 0 Å². The monoisotopic (exact) mass is 344 g/mol. The summed E-state index contributed by atoms with van der Waals surface area (Å²) in [6.07, 6.45) is -4.47. The van der Waals surface area contributed by atoms with Crippen LogP contribution in [0.2, 0.25) is 0 Å². The average Bonchev–Trinajstić information content (AvgIpc) is 2.42. The van der Waals surface area contributed by atoms with Crippen LogP contribution in [0.1, 0.15) is 27.7 Å². The van der Waals surface area contributed by atoms with Crippen LogP contribution in [0.5, 0.6) is 0 Å². The summed E-state index contributed by atoms with van der Waals surface area (Å²) in [4.78, 5) is 45.1. The molecule has 0 spiro atoms. The Bertz CT molecular complexity index is 539. The molecule has 0 N–H and O–H groups in total. The van der Waals surface area contributed by atoms with Crippen LogP contribution in [0.25, 0.3) is 0 Å². The van der Waals surface area contributed by atoms with Crippen molar-refractivity contribution in [2.45, 2.75) is 52.1 Å². The molecule has 1 aliphatic rings. The third-order valence-electron chi connectivity index (χ3n) is 2.96. The van der Waals surface area contributed by atoms with E-state index in [4.69, 9.17) is 23.7 Å². The number of rotatable bonds is 5. The van der Waals surface area contributed by atoms with Gasteiger partial charge in [0.1, 0.15) is 12.4 Å². The first-order valence-corrected chi connectivity index (χ1v) is 7.12. The summed E-state index contributed by atoms with van der Waals surface area (Å²) >= 11 is 0. The van der Waals surface area contributed by atoms with Crippen LogP contribution in [0, 0.1) is 0 Å². The van der Waals surface area contributed by atoms with Crippen molar-refractivity contribution in [3.63, 3.8) is 0 Å². The molecule has 0 saturated carbocycles. The van der Waals surface area contributed by atoms with E-state index < -0.39 is 48.3 Å². The minimum Gasteiger partial charge on any atom is -0.484 e. The molecule has 1 rings (SSSR count). The Morgan fingerprint density at radius 3 is 1.83 bits per heavy atom. The molecule has 0 aromatic heterocycles. The number of hydrogen-bond donors (Lipinski definition) is 0. The van der Waals surface area contributed by atoms with E-state index in [0.717, 1.165) is 20.8 Å². The van der Waals surface area contributed by atoms with Gasteiger partial charge in [0.15, 0.2) is 24.4 Å². The fourth-order valence-corrected chi connectivity index (χ4v) is 2.19. The first-order valence-electron chi connectivity index (χ1n) is 7.12. The molecule has 1 fully saturated rings. The highest BCUT2D eigenvalue weighted by Crippen LogP contribution is 2.30. The van der Waals surface area contributed by atoms with Gasteiger partial charge < -0.3 is 23.7 Å². The lowest BCUT2D eigenvalue weighted by atomic mass is 9.97. The molecule has 0 unspecified atom stereocenters. The molecule has 0 radical (unpaired) electrons. The van der Waals surface area contributed by atoms with E-state index in [1.54, 1.807) is 0 Å². The lowest BCUT2D eigenvalue weighted by Crippen LogP contribution is -2.57. The van der Waals surface area contributed by atoms with Crippen LogP contribution >= 0.6 is 0 Å². The average molecular weight is 344 g/mol. The maximum atomic E-state index is 11.4. The van der Waals surface area contributed by atoms with Crippen LogP contribution < -0.4 is 0 Å². The van der Waals surface area contributed by atoms with Gasteiger partial charge in [-0.25, -0.2) is 0 Å². The first kappa shape index (κ1) is 19.5. The summed E-state index contributed by atoms with van der Waals surface area (Å²) in [7, 11) is 0. The second-order valence-corrected chi connectivity index (χ2v) is 5.10. The van der Waals surface area contributed by atoms with E-state index in [1.807, 2.05) is 0 Å². The zero-order chi connectivity index (χ0) is 18.4. The molecule has 134 valence electrons. The van der Waals surface area contributed by atoms with Crippen molar-refractivity contribution < 1.29 is 42.9 Å². The molecule has 1 saturated heterocycles. The topological polar surface area (TPSA) is 114 Å². The van der Waals surface area contributed by atoms with Gasteiger partial charge >= 0.3 is 23.9 Å². The van der Waals surface area contributed by atoms with Gasteiger partial charge in [-0.1, -0.05) is 6.58 Å². The number of esters is 4. The van der Waals surface area contributed by atoms with Crippen LogP contribution in [-0.4, -0.2) is 54.9 Å². The molecule has 24 heavy (non-hydrogen) atoms. The van der Waals surface area contributed by atoms with Crippen LogP contribution in [-0.2, 0) is 42.9 Å². The van der Waals surface area contributed by atoms with Gasteiger partial charge in [0.05, 0.1) is 0 Å². The van der Waals surface area contributed by atoms with E-state index in [2.05, 4.69) is 6.58 Å². The number of carbonyl (C=O) groups is 4. The SMILES string of the molecule is C=C1O[C@H](COC(C)=O)[C@H](OC(C)=O)[C@H](OC(C)=O)[C@H]1OC(C)=O. The molecule has 0 aliphatic carbocycles. The van der Waals surface area contributed by atoms with Gasteiger partial charge in [0, 0.05) is 27.7 Å². The molecular formula is C15H20O9. The highest BCUT2D eigenvalue weighted by molar-refractivity contribution is 5.69. The Labute approximate surface area is 138 Å². The van der Waals surface area contributed by atoms with E-state index in [1.165, 1.54) is 6.92 Å². The molecule has 0 aromatic rings. The van der Waals surface area contributed by atoms with Gasteiger partial charge in [-0.15, -0.1) is 0 Å². The lowest BCUT2D eigenvalue weighted by Gasteiger charge is -2.41. The molecule has 0 amide bonds. The van der Waals surface area contributed by atoms with Gasteiger partial charge in [0.25, 0.3) is 0 Å². The normalized spacial score (nSPS) is 25.9. The second kappa shape index (κ2) is 8.32. The Balaban J connectivity index is 3.13. The lowest BCUT2D eigenvalue weighted by molar-refractivity contribution is -0.215. The van der Waals surface area contributed by atoms with Crippen molar-refractivity contribution in [2.75, 3.05) is 6.61 Å². The van der Waals surface area contributed by atoms with Crippen molar-refractivity contribution in [3.05, 3.63) is 12.3 Å². The smallest absolute Gasteiger partial charge is 0.303 e. The summed E-state index contributed by atoms with van der Waals surface area (Å²) in [5.74, 6) is -2.62. The molecule has 0 aromatic carbocycles. The van der Waals surface area contributed by atoms with Crippen molar-refractivity contribution in [2.24, 2.45) is 0 Å². The highest BCUT2D eigenvalue weighted by Gasteiger charge is 2.49. The summed E-state index contributed by atoms with van der Waals surface area (Å²) < 4.78 is 25.7. The summed E-state index contributed by atoms with van der Waals surface area (Å²) in [5, 5.41) is 0. The van der Waals surface area contributed by atoms with Crippen molar-refractivity contribution >= 4 is 23.9 Å². The molecule has 4 atom stereocenters. The van der Waals surface area contributed by atoms with E-state index in [0.29, 0.717) is 0 Å². The number of ether oxygens (including phenoxy) is 5. The van der Waals surface area contributed by atoms with Crippen LogP contribution in [0.4, 0.5) is 0 Å². The third kappa shape index (κ3) is 5.56. The standard InChI is InChI=1S/C15H20O9/c1-7-13(22-9(3)17)15(24-11(5)19)14(23-10(4)18)12(21-7)6-20-8(2)16/h12-15H,1,6H2,2-5H3/t12-,13+,14+,15-/m1/s1. The zero-order valence-corrected chi connectivity index (χ0v) is 13.9. The summed E-state index contributed by atoms with van der Waals surface area (Å²) in [5.41, 5.74) is 0. The van der Waals surface area contributed by atoms with Gasteiger partial charge in [-0.3, -0.25) is 19.2 Å². The quantitative estimate of drug-likeness (QED) is 0.511. The first-order chi connectivity index (χ1) is 11.1. The molecule has 1 aliphatic heterocycles. The fourth-order valence-electron chi connectivity index (χ4n) is 2.19. The van der Waals surface area contributed by atoms with E-state index >= 15 is 0 Å². The fraction of sp³-hybridized carbons (Fsp3) is 0.600. The highest BCUT2D eigenvalue weighted by atomic mass is 16.7. The molecule has 0 bridgehead atoms. The minimum absolute atomic E-state index is 0.0167. The van der Waals surface area contributed by atoms with Crippen molar-refractivity contribution in [3.8, 4) is 0 Å². The third-order valence-corrected chi connectivity index (χ3v) is 2.96. The maximum absolute atomic E-state index is 11.4. The Morgan fingerprint density at radius 2 is 1.38 bits per heavy atom. The van der Waals surface area contributed by atoms with E-state index in [9.17, 15) is 19.2 Å². The zero-order valence-electron chi connectivity index (χ0n) is 13.9.